The third-order valence-electron chi connectivity index (χ3n) is 14.2. The molecular formula is C46H66N2O43S4-6. The van der Waals surface area contributed by atoms with E-state index in [4.69, 9.17) is 68.1 Å². The molecule has 6 fully saturated rings. The molecule has 0 amide bonds. The molecule has 28 atom stereocenters. The summed E-state index contributed by atoms with van der Waals surface area (Å²) < 4.78 is 212. The lowest BCUT2D eigenvalue weighted by molar-refractivity contribution is -0.376. The van der Waals surface area contributed by atoms with Gasteiger partial charge in [-0.05, 0) is 0 Å². The number of hydrogen-bond acceptors (Lipinski definition) is 45. The van der Waals surface area contributed by atoms with Crippen molar-refractivity contribution in [1.29, 1.82) is 0 Å². The first-order valence-corrected chi connectivity index (χ1v) is 32.2. The third-order valence-corrected chi connectivity index (χ3v) is 15.9. The number of ether oxygens (including phenoxy) is 12. The second-order valence-electron chi connectivity index (χ2n) is 20.5. The summed E-state index contributed by atoms with van der Waals surface area (Å²) in [5.41, 5.74) is 0. The standard InChI is InChI=1S/C23H35NO21S2.C20H32O21S2.C3H5NO/c1-4-5-38-24-6-10-14(26)18(12(41-10)8-40-47(34,35)36)43-23-16(28)15(27)19(20(45-23)21(29)30)44-22-9(2)13(25)17(37-3)11(42-22)7-39-46(31,32)33;1-6-10(22)14(34-2)8(4-35-42(28,29)30)38-19(6)40-16-12(24)13(25)20(41-17(16)18(26)27)39-15-9(5-36-43(31,32)33)37-7(3-21)11(15)23;1-2-3-5-4/h1,6,9-20,22-23,25-28H,5,7-8H2,2-3H3,(H,29,30)(H,31,32,33)(H,34,35,36);3,6-17,19-20,22-25H,4-5H2,1-2H3,(H,26,27)(H,28,29,30)(H,31,32,33);1H,3-4H2/p-6/b24-6-;;/t9?,10-,11?,12+,13+,14+,15+,16?,17+,18?,19-,20?,22+,23+;6?,7-,8?,9+,10+,11+,12+,13?,14+,15?,16-,17?,19-,20+;/m00./s1. The summed E-state index contributed by atoms with van der Waals surface area (Å²) in [7, 11) is -18.7. The van der Waals surface area contributed by atoms with Crippen molar-refractivity contribution in [3.63, 3.8) is 0 Å². The van der Waals surface area contributed by atoms with E-state index < -0.39 is 251 Å². The lowest BCUT2D eigenvalue weighted by Gasteiger charge is -2.48. The summed E-state index contributed by atoms with van der Waals surface area (Å²) in [6.07, 6.45) is -36.1. The second kappa shape index (κ2) is 36.8. The van der Waals surface area contributed by atoms with Crippen LogP contribution in [-0.2, 0) is 139 Å². The molecule has 0 aromatic heterocycles. The fourth-order valence-electron chi connectivity index (χ4n) is 9.67. The van der Waals surface area contributed by atoms with Gasteiger partial charge in [-0.1, -0.05) is 30.8 Å². The minimum absolute atomic E-state index is 0.103. The van der Waals surface area contributed by atoms with Crippen LogP contribution in [0.4, 0.5) is 0 Å². The Bertz CT molecular complexity index is 3050. The molecule has 10 N–H and O–H groups in total. The number of aliphatic hydroxyl groups is 8. The Hall–Kier alpha value is -4.20. The number of hydrogen-bond donors (Lipinski definition) is 9. The SMILES string of the molecule is C#CCO/N=C\[C@@H]1O[C@H](COS(=O)(=O)[O-])C(O[C@@H]2OC(C(=O)[O-])[C@@H](O[C@H]3OC(COS(=O)(=O)[O-])[C@@H](OC)[C@H](O)C3C)[C@H](O)C2O)[C@@H]1O.C#CCON.CO[C@@H]1C(COS(=O)(=O)[O-])O[C@@H](O[C@@H]2C(C(=O)[O-])O[C@@H](OC3[C@@H](COS(=O)(=O)[O-])O[C@@H](C=O)[C@H]3O)C(O)[C@H]2O)C(C)[C@H]1O. The first-order chi connectivity index (χ1) is 44.2. The molecule has 0 aliphatic carbocycles. The maximum absolute atomic E-state index is 12.1. The number of aldehydes is 1. The van der Waals surface area contributed by atoms with Crippen molar-refractivity contribution in [2.24, 2.45) is 22.9 Å². The molecule has 0 saturated carbocycles. The van der Waals surface area contributed by atoms with Crippen molar-refractivity contribution in [2.45, 2.75) is 173 Å². The van der Waals surface area contributed by atoms with Crippen LogP contribution in [0, 0.1) is 36.5 Å². The van der Waals surface area contributed by atoms with E-state index in [1.165, 1.54) is 13.8 Å². The Morgan fingerprint density at radius 3 is 1.11 bits per heavy atom. The molecule has 10 unspecified atom stereocenters. The second-order valence-corrected chi connectivity index (χ2v) is 24.7. The number of nitrogens with two attached hydrogens (primary N) is 1. The number of nitrogens with zero attached hydrogens (tertiary/aromatic N) is 1. The van der Waals surface area contributed by atoms with Crippen molar-refractivity contribution in [2.75, 3.05) is 53.9 Å². The fraction of sp³-hybridized carbons (Fsp3) is 0.826. The number of carbonyl (C=O) groups is 3. The summed E-state index contributed by atoms with van der Waals surface area (Å²) in [6.45, 7) is -1.41. The first kappa shape index (κ1) is 83.2. The monoisotopic (exact) mass is 1460 g/mol. The third kappa shape index (κ3) is 24.0. The predicted molar refractivity (Wildman–Crippen MR) is 280 cm³/mol. The van der Waals surface area contributed by atoms with Crippen LogP contribution >= 0.6 is 0 Å². The molecule has 95 heavy (non-hydrogen) atoms. The average Bonchev–Trinajstić information content (AvgIpc) is 1.45. The number of methoxy groups -OCH3 is 2. The molecule has 0 aromatic rings. The largest absolute Gasteiger partial charge is 0.726 e. The maximum atomic E-state index is 12.1. The number of carboxylic acid groups (broad SMARTS) is 2. The minimum Gasteiger partial charge on any atom is -0.726 e. The summed E-state index contributed by atoms with van der Waals surface area (Å²) in [5.74, 6) is 2.56. The molecule has 6 aliphatic rings. The van der Waals surface area contributed by atoms with E-state index in [2.05, 4.69) is 50.9 Å². The molecule has 0 radical (unpaired) electrons. The average molecular weight is 1460 g/mol. The van der Waals surface area contributed by atoms with Gasteiger partial charge >= 0.3 is 0 Å². The van der Waals surface area contributed by atoms with Gasteiger partial charge in [-0.15, -0.1) is 12.8 Å². The first-order valence-electron chi connectivity index (χ1n) is 26.8. The molecule has 6 rings (SSSR count). The van der Waals surface area contributed by atoms with Crippen LogP contribution in [0.5, 0.6) is 0 Å². The van der Waals surface area contributed by atoms with Gasteiger partial charge in [0, 0.05) is 26.1 Å². The van der Waals surface area contributed by atoms with E-state index >= 15 is 0 Å². The van der Waals surface area contributed by atoms with E-state index in [1.807, 2.05) is 0 Å². The Balaban J connectivity index is 0.000000378. The van der Waals surface area contributed by atoms with Crippen molar-refractivity contribution in [3.05, 3.63) is 0 Å². The molecule has 45 nitrogen and oxygen atoms in total. The van der Waals surface area contributed by atoms with E-state index in [-0.39, 0.29) is 19.5 Å². The van der Waals surface area contributed by atoms with Crippen LogP contribution in [0.15, 0.2) is 5.16 Å². The van der Waals surface area contributed by atoms with Crippen LogP contribution in [0.3, 0.4) is 0 Å². The Kier molecular flexibility index (Phi) is 32.2. The summed E-state index contributed by atoms with van der Waals surface area (Å²) in [4.78, 5) is 43.9. The summed E-state index contributed by atoms with van der Waals surface area (Å²) in [5, 5.41) is 113. The number of carboxylic acids is 2. The summed E-state index contributed by atoms with van der Waals surface area (Å²) in [6, 6.07) is 0. The van der Waals surface area contributed by atoms with Gasteiger partial charge in [-0.3, -0.25) is 21.6 Å². The van der Waals surface area contributed by atoms with Gasteiger partial charge < -0.3 is 145 Å². The van der Waals surface area contributed by atoms with E-state index in [1.54, 1.807) is 0 Å². The number of terminal acetylenes is 2. The highest BCUT2D eigenvalue weighted by molar-refractivity contribution is 7.81. The maximum Gasteiger partial charge on any atom is 0.217 e. The molecule has 6 saturated heterocycles. The van der Waals surface area contributed by atoms with Gasteiger partial charge in [-0.2, -0.15) is 0 Å². The smallest absolute Gasteiger partial charge is 0.217 e. The van der Waals surface area contributed by atoms with Gasteiger partial charge in [0.1, 0.15) is 129 Å². The highest BCUT2D eigenvalue weighted by atomic mass is 32.3. The molecule has 548 valence electrons. The zero-order chi connectivity index (χ0) is 71.8. The predicted octanol–water partition coefficient (Wildman–Crippen LogP) is -14.1. The normalized spacial score (nSPS) is 39.3. The fourth-order valence-corrected chi connectivity index (χ4v) is 10.9. The molecule has 6 heterocycles. The molecule has 49 heteroatoms. The van der Waals surface area contributed by atoms with Crippen LogP contribution in [0.1, 0.15) is 13.8 Å². The van der Waals surface area contributed by atoms with Crippen molar-refractivity contribution >= 4 is 66.0 Å². The molecular weight excluding hydrogens is 1400 g/mol. The van der Waals surface area contributed by atoms with E-state index in [0.29, 0.717) is 0 Å². The quantitative estimate of drug-likeness (QED) is 0.00639. The van der Waals surface area contributed by atoms with E-state index in [0.717, 1.165) is 20.4 Å². The summed E-state index contributed by atoms with van der Waals surface area (Å²) >= 11 is 0. The number of rotatable bonds is 29. The number of aliphatic hydroxyl groups excluding tert-OH is 8. The minimum atomic E-state index is -5.28. The number of aliphatic carboxylic acids is 2. The van der Waals surface area contributed by atoms with Gasteiger partial charge in [0.2, 0.25) is 41.6 Å². The topological polar surface area (TPSA) is 692 Å². The molecule has 0 bridgehead atoms. The van der Waals surface area contributed by atoms with E-state index in [9.17, 15) is 117 Å². The Morgan fingerprint density at radius 2 is 0.811 bits per heavy atom. The van der Waals surface area contributed by atoms with Crippen molar-refractivity contribution in [1.82, 2.24) is 0 Å². The number of oxime groups is 1. The zero-order valence-corrected chi connectivity index (χ0v) is 52.5. The van der Waals surface area contributed by atoms with Gasteiger partial charge in [0.05, 0.1) is 56.8 Å². The molecule has 0 aromatic carbocycles. The highest BCUT2D eigenvalue weighted by Gasteiger charge is 2.56. The Labute approximate surface area is 539 Å². The lowest BCUT2D eigenvalue weighted by Crippen LogP contribution is -2.66. The van der Waals surface area contributed by atoms with Crippen LogP contribution in [0.2, 0.25) is 0 Å². The van der Waals surface area contributed by atoms with Crippen molar-refractivity contribution < 1.29 is 201 Å². The lowest BCUT2D eigenvalue weighted by atomic mass is 9.91. The zero-order valence-electron chi connectivity index (χ0n) is 49.2. The van der Waals surface area contributed by atoms with Gasteiger partial charge in [0.15, 0.2) is 38.1 Å². The van der Waals surface area contributed by atoms with Gasteiger partial charge in [-0.25, -0.2) is 39.6 Å². The Morgan fingerprint density at radius 1 is 0.484 bits per heavy atom. The number of carbonyl (C=O) groups excluding carboxylic acids is 3. The van der Waals surface area contributed by atoms with Crippen molar-refractivity contribution in [3.8, 4) is 24.7 Å². The highest BCUT2D eigenvalue weighted by Crippen LogP contribution is 2.37. The van der Waals surface area contributed by atoms with Gasteiger partial charge in [0.25, 0.3) is 0 Å². The van der Waals surface area contributed by atoms with Crippen LogP contribution < -0.4 is 16.1 Å². The van der Waals surface area contributed by atoms with Crippen LogP contribution in [-0.4, -0.2) is 330 Å². The molecule has 0 spiro atoms. The molecule has 6 aliphatic heterocycles. The van der Waals surface area contributed by atoms with Crippen LogP contribution in [0.25, 0.3) is 0 Å².